The summed E-state index contributed by atoms with van der Waals surface area (Å²) in [7, 11) is 0. The summed E-state index contributed by atoms with van der Waals surface area (Å²) in [5.41, 5.74) is 1.18. The molecule has 0 spiro atoms. The fraction of sp³-hybridized carbons (Fsp3) is 0.190. The van der Waals surface area contributed by atoms with Crippen molar-refractivity contribution in [1.29, 1.82) is 0 Å². The molecule has 0 fully saturated rings. The number of aliphatic hydroxyl groups excluding tert-OH is 1. The number of nitrogens with zero attached hydrogens (tertiary/aromatic N) is 1. The summed E-state index contributed by atoms with van der Waals surface area (Å²) in [6.07, 6.45) is -0.00122. The van der Waals surface area contributed by atoms with Crippen LogP contribution >= 0.6 is 0 Å². The number of hydrogen-bond acceptors (Lipinski definition) is 5. The summed E-state index contributed by atoms with van der Waals surface area (Å²) in [6.45, 7) is 5.18. The Labute approximate surface area is 162 Å². The third kappa shape index (κ3) is 3.73. The number of rotatable bonds is 5. The average Bonchev–Trinajstić information content (AvgIpc) is 2.85. The highest BCUT2D eigenvalue weighted by Gasteiger charge is 2.40. The Bertz CT molecular complexity index is 959. The number of anilines is 2. The largest absolute Gasteiger partial charge is 0.502 e. The van der Waals surface area contributed by atoms with E-state index < -0.39 is 17.6 Å². The van der Waals surface area contributed by atoms with Gasteiger partial charge in [-0.1, -0.05) is 12.1 Å². The number of hydrogen-bond donors (Lipinski definition) is 2. The average molecular weight is 380 g/mol. The lowest BCUT2D eigenvalue weighted by molar-refractivity contribution is -0.121. The van der Waals surface area contributed by atoms with Crippen LogP contribution in [0.15, 0.2) is 54.3 Å². The van der Waals surface area contributed by atoms with Crippen molar-refractivity contribution in [3.63, 3.8) is 0 Å². The third-order valence-electron chi connectivity index (χ3n) is 4.02. The molecule has 0 atom stereocenters. The van der Waals surface area contributed by atoms with Gasteiger partial charge >= 0.3 is 5.91 Å². The Morgan fingerprint density at radius 2 is 1.61 bits per heavy atom. The summed E-state index contributed by atoms with van der Waals surface area (Å²) in [4.78, 5) is 37.4. The Hall–Kier alpha value is -3.61. The van der Waals surface area contributed by atoms with Crippen LogP contribution in [0.2, 0.25) is 0 Å². The van der Waals surface area contributed by atoms with Gasteiger partial charge in [-0.3, -0.25) is 14.4 Å². The first-order chi connectivity index (χ1) is 13.3. The van der Waals surface area contributed by atoms with E-state index in [-0.39, 0.29) is 17.6 Å². The van der Waals surface area contributed by atoms with Crippen LogP contribution in [-0.4, -0.2) is 28.9 Å². The van der Waals surface area contributed by atoms with Crippen LogP contribution in [0.25, 0.3) is 5.57 Å². The van der Waals surface area contributed by atoms with Crippen molar-refractivity contribution in [3.05, 3.63) is 59.9 Å². The summed E-state index contributed by atoms with van der Waals surface area (Å²) in [5.74, 6) is -1.63. The molecule has 0 aliphatic carbocycles. The topological polar surface area (TPSA) is 95.9 Å². The van der Waals surface area contributed by atoms with Gasteiger partial charge in [0.05, 0.1) is 17.4 Å². The Kier molecular flexibility index (Phi) is 5.17. The molecule has 1 aliphatic rings. The maximum atomic E-state index is 12.8. The molecule has 2 aromatic carbocycles. The number of nitrogens with one attached hydrogen (secondary N) is 1. The molecule has 3 rings (SSSR count). The molecule has 0 bridgehead atoms. The molecule has 0 saturated heterocycles. The van der Waals surface area contributed by atoms with E-state index in [1.165, 1.54) is 6.92 Å². The van der Waals surface area contributed by atoms with Crippen LogP contribution in [0.1, 0.15) is 26.3 Å². The molecule has 7 nitrogen and oxygen atoms in total. The standard InChI is InChI=1S/C21H20N2O5/c1-12(2)28-17-10-8-16(9-11-17)23-20(26)18(19(25)21(23)27)14-4-6-15(7-5-14)22-13(3)24/h4-12,25H,1-3H3,(H,22,24). The first-order valence-electron chi connectivity index (χ1n) is 8.74. The van der Waals surface area contributed by atoms with E-state index in [4.69, 9.17) is 4.74 Å². The highest BCUT2D eigenvalue weighted by molar-refractivity contribution is 6.44. The predicted molar refractivity (Wildman–Crippen MR) is 105 cm³/mol. The van der Waals surface area contributed by atoms with Crippen LogP contribution in [-0.2, 0) is 14.4 Å². The molecule has 1 heterocycles. The summed E-state index contributed by atoms with van der Waals surface area (Å²) in [6, 6.07) is 12.8. The molecular weight excluding hydrogens is 360 g/mol. The van der Waals surface area contributed by atoms with E-state index in [1.54, 1.807) is 48.5 Å². The van der Waals surface area contributed by atoms with E-state index >= 15 is 0 Å². The molecule has 0 unspecified atom stereocenters. The SMILES string of the molecule is CC(=O)Nc1ccc(C2=C(O)C(=O)N(c3ccc(OC(C)C)cc3)C2=O)cc1. The fourth-order valence-corrected chi connectivity index (χ4v) is 2.88. The Balaban J connectivity index is 1.86. The lowest BCUT2D eigenvalue weighted by Gasteiger charge is -2.16. The number of carbonyl (C=O) groups is 3. The summed E-state index contributed by atoms with van der Waals surface area (Å²) >= 11 is 0. The van der Waals surface area contributed by atoms with Gasteiger partial charge in [0, 0.05) is 12.6 Å². The van der Waals surface area contributed by atoms with Crippen LogP contribution in [0.5, 0.6) is 5.75 Å². The third-order valence-corrected chi connectivity index (χ3v) is 4.02. The molecule has 2 aromatic rings. The number of amides is 3. The summed E-state index contributed by atoms with van der Waals surface area (Å²) in [5, 5.41) is 12.9. The molecule has 144 valence electrons. The van der Waals surface area contributed by atoms with E-state index in [0.717, 1.165) is 4.90 Å². The minimum absolute atomic E-state index is 0.00122. The van der Waals surface area contributed by atoms with Crippen LogP contribution in [0, 0.1) is 0 Å². The van der Waals surface area contributed by atoms with Gasteiger partial charge in [-0.2, -0.15) is 0 Å². The van der Waals surface area contributed by atoms with Gasteiger partial charge < -0.3 is 15.2 Å². The van der Waals surface area contributed by atoms with E-state index in [9.17, 15) is 19.5 Å². The van der Waals surface area contributed by atoms with Crippen molar-refractivity contribution in [2.24, 2.45) is 0 Å². The van der Waals surface area contributed by atoms with Gasteiger partial charge in [-0.15, -0.1) is 0 Å². The molecule has 28 heavy (non-hydrogen) atoms. The zero-order chi connectivity index (χ0) is 20.4. The van der Waals surface area contributed by atoms with Gasteiger partial charge in [-0.25, -0.2) is 4.90 Å². The zero-order valence-corrected chi connectivity index (χ0v) is 15.7. The molecule has 1 aliphatic heterocycles. The predicted octanol–water partition coefficient (Wildman–Crippen LogP) is 3.27. The molecular formula is C21H20N2O5. The van der Waals surface area contributed by atoms with Crippen LogP contribution in [0.3, 0.4) is 0 Å². The van der Waals surface area contributed by atoms with E-state index in [0.29, 0.717) is 22.7 Å². The van der Waals surface area contributed by atoms with Gasteiger partial charge in [0.2, 0.25) is 5.91 Å². The molecule has 7 heteroatoms. The first-order valence-corrected chi connectivity index (χ1v) is 8.74. The fourth-order valence-electron chi connectivity index (χ4n) is 2.88. The normalized spacial score (nSPS) is 14.1. The van der Waals surface area contributed by atoms with Gasteiger partial charge in [0.15, 0.2) is 5.76 Å². The quantitative estimate of drug-likeness (QED) is 0.776. The Morgan fingerprint density at radius 3 is 2.14 bits per heavy atom. The van der Waals surface area contributed by atoms with Crippen molar-refractivity contribution in [1.82, 2.24) is 0 Å². The minimum atomic E-state index is -0.788. The molecule has 0 radical (unpaired) electrons. The van der Waals surface area contributed by atoms with Gasteiger partial charge in [0.25, 0.3) is 5.91 Å². The van der Waals surface area contributed by atoms with Crippen LogP contribution in [0.4, 0.5) is 11.4 Å². The highest BCUT2D eigenvalue weighted by atomic mass is 16.5. The van der Waals surface area contributed by atoms with Gasteiger partial charge in [-0.05, 0) is 55.8 Å². The second-order valence-electron chi connectivity index (χ2n) is 6.59. The lowest BCUT2D eigenvalue weighted by Crippen LogP contribution is -2.31. The highest BCUT2D eigenvalue weighted by Crippen LogP contribution is 2.33. The maximum absolute atomic E-state index is 12.8. The number of imide groups is 1. The van der Waals surface area contributed by atoms with E-state index in [1.807, 2.05) is 13.8 Å². The number of aliphatic hydroxyl groups is 1. The van der Waals surface area contributed by atoms with Crippen molar-refractivity contribution >= 4 is 34.7 Å². The second kappa shape index (κ2) is 7.56. The number of ether oxygens (including phenoxy) is 1. The number of carbonyl (C=O) groups excluding carboxylic acids is 3. The maximum Gasteiger partial charge on any atom is 0.301 e. The lowest BCUT2D eigenvalue weighted by atomic mass is 10.1. The second-order valence-corrected chi connectivity index (χ2v) is 6.59. The molecule has 0 saturated carbocycles. The first kappa shape index (κ1) is 19.2. The molecule has 3 amide bonds. The van der Waals surface area contributed by atoms with Crippen molar-refractivity contribution in [2.45, 2.75) is 26.9 Å². The zero-order valence-electron chi connectivity index (χ0n) is 15.7. The molecule has 0 aromatic heterocycles. The van der Waals surface area contributed by atoms with Crippen molar-refractivity contribution < 1.29 is 24.2 Å². The number of benzene rings is 2. The summed E-state index contributed by atoms with van der Waals surface area (Å²) < 4.78 is 5.56. The van der Waals surface area contributed by atoms with Crippen LogP contribution < -0.4 is 15.0 Å². The minimum Gasteiger partial charge on any atom is -0.502 e. The van der Waals surface area contributed by atoms with Gasteiger partial charge in [0.1, 0.15) is 5.75 Å². The smallest absolute Gasteiger partial charge is 0.301 e. The molecule has 2 N–H and O–H groups in total. The monoisotopic (exact) mass is 380 g/mol. The van der Waals surface area contributed by atoms with E-state index in [2.05, 4.69) is 5.32 Å². The van der Waals surface area contributed by atoms with Crippen molar-refractivity contribution in [3.8, 4) is 5.75 Å². The van der Waals surface area contributed by atoms with Crippen molar-refractivity contribution in [2.75, 3.05) is 10.2 Å². The Morgan fingerprint density at radius 1 is 1.00 bits per heavy atom.